The number of rotatable bonds is 0. The maximum atomic E-state index is 11.2. The second-order valence-electron chi connectivity index (χ2n) is 2.93. The van der Waals surface area contributed by atoms with Crippen molar-refractivity contribution in [2.75, 3.05) is 0 Å². The quantitative estimate of drug-likeness (QED) is 0.586. The van der Waals surface area contributed by atoms with Gasteiger partial charge in [-0.15, -0.1) is 0 Å². The second kappa shape index (κ2) is 2.32. The van der Waals surface area contributed by atoms with E-state index in [1.165, 1.54) is 12.1 Å². The zero-order valence-corrected chi connectivity index (χ0v) is 6.32. The zero-order chi connectivity index (χ0) is 8.72. The van der Waals surface area contributed by atoms with Crippen LogP contribution < -0.4 is 0 Å². The van der Waals surface area contributed by atoms with E-state index in [0.29, 0.717) is 12.0 Å². The van der Waals surface area contributed by atoms with E-state index in [4.69, 9.17) is 5.11 Å². The predicted octanol–water partition coefficient (Wildman–Crippen LogP) is 0.492. The largest absolute Gasteiger partial charge is 0.508 e. The highest BCUT2D eigenvalue weighted by molar-refractivity contribution is 6.03. The van der Waals surface area contributed by atoms with Crippen LogP contribution in [-0.4, -0.2) is 22.1 Å². The van der Waals surface area contributed by atoms with Gasteiger partial charge in [-0.3, -0.25) is 4.79 Å². The van der Waals surface area contributed by atoms with Crippen molar-refractivity contribution in [1.29, 1.82) is 0 Å². The highest BCUT2D eigenvalue weighted by Crippen LogP contribution is 2.25. The van der Waals surface area contributed by atoms with Gasteiger partial charge in [0, 0.05) is 12.0 Å². The predicted molar refractivity (Wildman–Crippen MR) is 42.1 cm³/mol. The normalized spacial score (nSPS) is 21.1. The van der Waals surface area contributed by atoms with Crippen LogP contribution in [0.25, 0.3) is 0 Å². The molecule has 0 aromatic heterocycles. The van der Waals surface area contributed by atoms with Gasteiger partial charge in [-0.25, -0.2) is 0 Å². The first kappa shape index (κ1) is 7.31. The first-order valence-corrected chi connectivity index (χ1v) is 3.72. The van der Waals surface area contributed by atoms with Crippen LogP contribution in [-0.2, 0) is 6.42 Å². The second-order valence-corrected chi connectivity index (χ2v) is 2.93. The number of phenolic OH excluding ortho intramolecular Hbond substituents is 1. The summed E-state index contributed by atoms with van der Waals surface area (Å²) in [6.45, 7) is 0. The van der Waals surface area contributed by atoms with Crippen LogP contribution in [0.1, 0.15) is 15.9 Å². The van der Waals surface area contributed by atoms with E-state index in [1.807, 2.05) is 0 Å². The van der Waals surface area contributed by atoms with Crippen molar-refractivity contribution in [2.45, 2.75) is 12.5 Å². The molecule has 1 unspecified atom stereocenters. The highest BCUT2D eigenvalue weighted by Gasteiger charge is 2.28. The van der Waals surface area contributed by atoms with Gasteiger partial charge in [0.1, 0.15) is 11.9 Å². The molecule has 1 aromatic carbocycles. The van der Waals surface area contributed by atoms with E-state index >= 15 is 0 Å². The summed E-state index contributed by atoms with van der Waals surface area (Å²) < 4.78 is 0. The number of benzene rings is 1. The van der Waals surface area contributed by atoms with Gasteiger partial charge in [-0.2, -0.15) is 0 Å². The molecule has 62 valence electrons. The molecule has 0 amide bonds. The number of aliphatic hydroxyl groups is 1. The molecule has 0 saturated heterocycles. The third-order valence-corrected chi connectivity index (χ3v) is 2.07. The molecule has 0 aliphatic heterocycles. The molecule has 12 heavy (non-hydrogen) atoms. The fourth-order valence-corrected chi connectivity index (χ4v) is 1.47. The number of phenols is 1. The lowest BCUT2D eigenvalue weighted by atomic mass is 10.1. The number of hydrogen-bond acceptors (Lipinski definition) is 3. The van der Waals surface area contributed by atoms with Crippen molar-refractivity contribution in [2.24, 2.45) is 0 Å². The van der Waals surface area contributed by atoms with Crippen LogP contribution in [0.15, 0.2) is 18.2 Å². The topological polar surface area (TPSA) is 57.5 Å². The van der Waals surface area contributed by atoms with Crippen LogP contribution in [0.3, 0.4) is 0 Å². The fourth-order valence-electron chi connectivity index (χ4n) is 1.47. The summed E-state index contributed by atoms with van der Waals surface area (Å²) in [4.78, 5) is 11.2. The van der Waals surface area contributed by atoms with Gasteiger partial charge in [0.15, 0.2) is 5.78 Å². The molecule has 3 heteroatoms. The van der Waals surface area contributed by atoms with E-state index in [9.17, 15) is 9.90 Å². The summed E-state index contributed by atoms with van der Waals surface area (Å²) >= 11 is 0. The number of aliphatic hydroxyl groups excluding tert-OH is 1. The number of Topliss-reactive ketones (excluding diaryl/α,β-unsaturated/α-hetero) is 1. The van der Waals surface area contributed by atoms with Crippen LogP contribution in [0.2, 0.25) is 0 Å². The molecule has 0 fully saturated rings. The van der Waals surface area contributed by atoms with Crippen molar-refractivity contribution >= 4 is 5.78 Å². The highest BCUT2D eigenvalue weighted by atomic mass is 16.3. The van der Waals surface area contributed by atoms with E-state index < -0.39 is 6.10 Å². The van der Waals surface area contributed by atoms with Gasteiger partial charge >= 0.3 is 0 Å². The van der Waals surface area contributed by atoms with Gasteiger partial charge in [-0.1, -0.05) is 0 Å². The average Bonchev–Trinajstić information content (AvgIpc) is 2.28. The molecule has 0 spiro atoms. The van der Waals surface area contributed by atoms with Gasteiger partial charge in [0.25, 0.3) is 0 Å². The Balaban J connectivity index is 2.54. The first-order chi connectivity index (χ1) is 5.68. The minimum Gasteiger partial charge on any atom is -0.508 e. The molecule has 0 radical (unpaired) electrons. The van der Waals surface area contributed by atoms with Crippen molar-refractivity contribution in [3.8, 4) is 5.75 Å². The molecule has 1 atom stereocenters. The Morgan fingerprint density at radius 1 is 1.42 bits per heavy atom. The molecular formula is C9H8O3. The Labute approximate surface area is 69.3 Å². The Morgan fingerprint density at radius 2 is 2.17 bits per heavy atom. The van der Waals surface area contributed by atoms with Gasteiger partial charge in [0.05, 0.1) is 0 Å². The minimum atomic E-state index is -0.915. The lowest BCUT2D eigenvalue weighted by Gasteiger charge is -1.95. The third kappa shape index (κ3) is 0.905. The average molecular weight is 164 g/mol. The summed E-state index contributed by atoms with van der Waals surface area (Å²) in [5.41, 5.74) is 1.26. The number of carbonyl (C=O) groups is 1. The van der Waals surface area contributed by atoms with Crippen molar-refractivity contribution < 1.29 is 15.0 Å². The van der Waals surface area contributed by atoms with E-state index in [1.54, 1.807) is 6.07 Å². The van der Waals surface area contributed by atoms with Crippen molar-refractivity contribution in [1.82, 2.24) is 0 Å². The SMILES string of the molecule is O=C1c2ccc(O)cc2CC1O. The lowest BCUT2D eigenvalue weighted by molar-refractivity contribution is 0.0780. The molecular weight excluding hydrogens is 156 g/mol. The first-order valence-electron chi connectivity index (χ1n) is 3.72. The Kier molecular flexibility index (Phi) is 1.41. The third-order valence-electron chi connectivity index (χ3n) is 2.07. The number of carbonyl (C=O) groups excluding carboxylic acids is 1. The summed E-state index contributed by atoms with van der Waals surface area (Å²) in [5, 5.41) is 18.3. The number of fused-ring (bicyclic) bond motifs is 1. The van der Waals surface area contributed by atoms with Crippen molar-refractivity contribution in [3.63, 3.8) is 0 Å². The standard InChI is InChI=1S/C9H8O3/c10-6-1-2-7-5(3-6)4-8(11)9(7)12/h1-3,8,10-11H,4H2. The molecule has 2 rings (SSSR count). The number of hydrogen-bond donors (Lipinski definition) is 2. The van der Waals surface area contributed by atoms with Crippen LogP contribution in [0, 0.1) is 0 Å². The van der Waals surface area contributed by atoms with E-state index in [2.05, 4.69) is 0 Å². The van der Waals surface area contributed by atoms with Gasteiger partial charge < -0.3 is 10.2 Å². The molecule has 2 N–H and O–H groups in total. The summed E-state index contributed by atoms with van der Waals surface area (Å²) in [6.07, 6.45) is -0.593. The van der Waals surface area contributed by atoms with Crippen LogP contribution in [0.4, 0.5) is 0 Å². The van der Waals surface area contributed by atoms with Crippen LogP contribution in [0.5, 0.6) is 5.75 Å². The summed E-state index contributed by atoms with van der Waals surface area (Å²) in [6, 6.07) is 4.52. The Morgan fingerprint density at radius 3 is 2.92 bits per heavy atom. The van der Waals surface area contributed by atoms with Gasteiger partial charge in [-0.05, 0) is 23.8 Å². The maximum absolute atomic E-state index is 11.2. The van der Waals surface area contributed by atoms with E-state index in [-0.39, 0.29) is 11.5 Å². The van der Waals surface area contributed by atoms with Crippen molar-refractivity contribution in [3.05, 3.63) is 29.3 Å². The molecule has 0 heterocycles. The molecule has 1 aliphatic carbocycles. The number of ketones is 1. The fraction of sp³-hybridized carbons (Fsp3) is 0.222. The Bertz CT molecular complexity index is 344. The summed E-state index contributed by atoms with van der Waals surface area (Å²) in [5.74, 6) is -0.111. The molecule has 1 aliphatic rings. The van der Waals surface area contributed by atoms with Crippen LogP contribution >= 0.6 is 0 Å². The maximum Gasteiger partial charge on any atom is 0.191 e. The summed E-state index contributed by atoms with van der Waals surface area (Å²) in [7, 11) is 0. The molecule has 0 bridgehead atoms. The molecule has 0 saturated carbocycles. The number of aromatic hydroxyl groups is 1. The zero-order valence-electron chi connectivity index (χ0n) is 6.32. The lowest BCUT2D eigenvalue weighted by Crippen LogP contribution is -2.13. The van der Waals surface area contributed by atoms with Gasteiger partial charge in [0.2, 0.25) is 0 Å². The van der Waals surface area contributed by atoms with E-state index in [0.717, 1.165) is 5.56 Å². The monoisotopic (exact) mass is 164 g/mol. The smallest absolute Gasteiger partial charge is 0.191 e. The molecule has 1 aromatic rings. The molecule has 3 nitrogen and oxygen atoms in total. The minimum absolute atomic E-state index is 0.135. The Hall–Kier alpha value is -1.35.